The van der Waals surface area contributed by atoms with Crippen LogP contribution in [0.4, 0.5) is 4.79 Å². The first-order valence-corrected chi connectivity index (χ1v) is 10.7. The summed E-state index contributed by atoms with van der Waals surface area (Å²) in [4.78, 5) is 10.3. The van der Waals surface area contributed by atoms with Crippen molar-refractivity contribution in [2.45, 2.75) is 12.8 Å². The van der Waals surface area contributed by atoms with Gasteiger partial charge in [-0.15, -0.1) is 0 Å². The molecule has 0 rings (SSSR count). The lowest BCUT2D eigenvalue weighted by molar-refractivity contribution is -0.0162. The Bertz CT molecular complexity index is 313. The van der Waals surface area contributed by atoms with Crippen LogP contribution in [0.25, 0.3) is 0 Å². The molecule has 0 saturated heterocycles. The number of ether oxygens (including phenoxy) is 7. The highest BCUT2D eigenvalue weighted by Crippen LogP contribution is 1.92. The van der Waals surface area contributed by atoms with Crippen molar-refractivity contribution < 1.29 is 38.0 Å². The van der Waals surface area contributed by atoms with Crippen molar-refractivity contribution in [2.75, 3.05) is 90.3 Å². The molecule has 0 unspecified atom stereocenters. The summed E-state index contributed by atoms with van der Waals surface area (Å²) in [6.07, 6.45) is 0.808. The maximum Gasteiger partial charge on any atom is 0.404 e. The van der Waals surface area contributed by atoms with Gasteiger partial charge >= 0.3 is 6.09 Å². The van der Waals surface area contributed by atoms with Crippen molar-refractivity contribution in [1.82, 2.24) is 0 Å². The van der Waals surface area contributed by atoms with E-state index in [-0.39, 0.29) is 0 Å². The molecule has 0 aliphatic rings. The quantitative estimate of drug-likeness (QED) is 0.133. The molecule has 0 aromatic carbocycles. The van der Waals surface area contributed by atoms with Gasteiger partial charge in [-0.3, -0.25) is 0 Å². The van der Waals surface area contributed by atoms with Crippen LogP contribution in [0.3, 0.4) is 0 Å². The standard InChI is InChI=1S/C17H34INO8/c18-3-6-22-8-10-24-12-14-26-16-15-25-13-11-23-9-7-21-4-1-2-5-27-17(19)20/h1-16H2,(H2,19,20). The zero-order chi connectivity index (χ0) is 19.8. The molecule has 0 aliphatic carbocycles. The van der Waals surface area contributed by atoms with Crippen molar-refractivity contribution in [3.8, 4) is 0 Å². The third-order valence-electron chi connectivity index (χ3n) is 3.01. The molecule has 0 aromatic rings. The molecule has 0 aliphatic heterocycles. The minimum absolute atomic E-state index is 0.330. The van der Waals surface area contributed by atoms with Crippen molar-refractivity contribution >= 4 is 28.7 Å². The fourth-order valence-electron chi connectivity index (χ4n) is 1.74. The van der Waals surface area contributed by atoms with Crippen LogP contribution in [0.2, 0.25) is 0 Å². The lowest BCUT2D eigenvalue weighted by atomic mass is 10.3. The van der Waals surface area contributed by atoms with Gasteiger partial charge in [0.05, 0.1) is 79.3 Å². The summed E-state index contributed by atoms with van der Waals surface area (Å²) in [5, 5.41) is 0. The van der Waals surface area contributed by atoms with Gasteiger partial charge in [-0.05, 0) is 12.8 Å². The molecular weight excluding hydrogens is 473 g/mol. The van der Waals surface area contributed by atoms with Crippen molar-refractivity contribution in [3.05, 3.63) is 0 Å². The zero-order valence-corrected chi connectivity index (χ0v) is 18.2. The lowest BCUT2D eigenvalue weighted by Crippen LogP contribution is -2.14. The summed E-state index contributed by atoms with van der Waals surface area (Å²) >= 11 is 2.27. The number of rotatable bonds is 22. The first kappa shape index (κ1) is 26.8. The Morgan fingerprint density at radius 1 is 0.556 bits per heavy atom. The van der Waals surface area contributed by atoms with Crippen LogP contribution in [-0.2, 0) is 33.2 Å². The monoisotopic (exact) mass is 507 g/mol. The van der Waals surface area contributed by atoms with Crippen molar-refractivity contribution in [2.24, 2.45) is 5.73 Å². The number of alkyl halides is 1. The van der Waals surface area contributed by atoms with E-state index in [1.807, 2.05) is 0 Å². The molecule has 0 spiro atoms. The Morgan fingerprint density at radius 3 is 1.26 bits per heavy atom. The molecule has 1 amide bonds. The van der Waals surface area contributed by atoms with E-state index in [0.29, 0.717) is 79.3 Å². The minimum Gasteiger partial charge on any atom is -0.450 e. The van der Waals surface area contributed by atoms with Gasteiger partial charge in [-0.1, -0.05) is 22.6 Å². The molecule has 0 atom stereocenters. The van der Waals surface area contributed by atoms with Gasteiger partial charge < -0.3 is 38.9 Å². The molecule has 0 aromatic heterocycles. The summed E-state index contributed by atoms with van der Waals surface area (Å²) in [5.41, 5.74) is 4.85. The van der Waals surface area contributed by atoms with E-state index in [9.17, 15) is 4.79 Å². The molecular formula is C17H34INO8. The van der Waals surface area contributed by atoms with Crippen LogP contribution in [-0.4, -0.2) is 96.4 Å². The van der Waals surface area contributed by atoms with Crippen LogP contribution in [0, 0.1) is 0 Å². The molecule has 0 bridgehead atoms. The number of nitrogens with two attached hydrogens (primary N) is 1. The molecule has 0 heterocycles. The number of halogens is 1. The highest BCUT2D eigenvalue weighted by molar-refractivity contribution is 14.1. The Hall–Kier alpha value is -0.240. The maximum absolute atomic E-state index is 10.3. The zero-order valence-electron chi connectivity index (χ0n) is 16.0. The molecule has 162 valence electrons. The number of carbonyl (C=O) groups excluding carboxylic acids is 1. The summed E-state index contributed by atoms with van der Waals surface area (Å²) in [6, 6.07) is 0. The molecule has 9 nitrogen and oxygen atoms in total. The molecule has 2 N–H and O–H groups in total. The van der Waals surface area contributed by atoms with Crippen LogP contribution >= 0.6 is 22.6 Å². The first-order chi connectivity index (χ1) is 13.3. The molecule has 0 radical (unpaired) electrons. The van der Waals surface area contributed by atoms with Gasteiger partial charge in [0.15, 0.2) is 0 Å². The Morgan fingerprint density at radius 2 is 0.889 bits per heavy atom. The average Bonchev–Trinajstić information content (AvgIpc) is 2.65. The SMILES string of the molecule is NC(=O)OCCCCOCCOCCOCCOCCOCCOCCI. The predicted molar refractivity (Wildman–Crippen MR) is 109 cm³/mol. The van der Waals surface area contributed by atoms with Crippen LogP contribution in [0.1, 0.15) is 12.8 Å². The van der Waals surface area contributed by atoms with Gasteiger partial charge in [0.1, 0.15) is 0 Å². The van der Waals surface area contributed by atoms with Gasteiger partial charge in [-0.25, -0.2) is 4.79 Å². The number of amides is 1. The molecule has 10 heteroatoms. The summed E-state index contributed by atoms with van der Waals surface area (Å²) in [6.45, 7) is 7.23. The number of hydrogen-bond acceptors (Lipinski definition) is 8. The Labute approximate surface area is 175 Å². The van der Waals surface area contributed by atoms with Crippen molar-refractivity contribution in [3.63, 3.8) is 0 Å². The number of hydrogen-bond donors (Lipinski definition) is 1. The smallest absolute Gasteiger partial charge is 0.404 e. The van der Waals surface area contributed by atoms with Crippen LogP contribution in [0.5, 0.6) is 0 Å². The molecule has 0 fully saturated rings. The second-order valence-electron chi connectivity index (χ2n) is 5.24. The molecule has 0 saturated carbocycles. The second-order valence-corrected chi connectivity index (χ2v) is 6.32. The summed E-state index contributed by atoms with van der Waals surface area (Å²) in [7, 11) is 0. The maximum atomic E-state index is 10.3. The number of carbonyl (C=O) groups is 1. The largest absolute Gasteiger partial charge is 0.450 e. The minimum atomic E-state index is -0.740. The highest BCUT2D eigenvalue weighted by Gasteiger charge is 1.95. The fourth-order valence-corrected chi connectivity index (χ4v) is 2.05. The third-order valence-corrected chi connectivity index (χ3v) is 3.45. The van der Waals surface area contributed by atoms with Crippen LogP contribution < -0.4 is 5.73 Å². The second kappa shape index (κ2) is 23.8. The van der Waals surface area contributed by atoms with E-state index in [1.54, 1.807) is 0 Å². The molecule has 27 heavy (non-hydrogen) atoms. The van der Waals surface area contributed by atoms with Gasteiger partial charge in [-0.2, -0.15) is 0 Å². The lowest BCUT2D eigenvalue weighted by Gasteiger charge is -2.08. The predicted octanol–water partition coefficient (Wildman–Crippen LogP) is 1.40. The van der Waals surface area contributed by atoms with E-state index in [1.165, 1.54) is 0 Å². The highest BCUT2D eigenvalue weighted by atomic mass is 127. The van der Waals surface area contributed by atoms with Crippen LogP contribution in [0.15, 0.2) is 0 Å². The van der Waals surface area contributed by atoms with E-state index >= 15 is 0 Å². The first-order valence-electron chi connectivity index (χ1n) is 9.22. The van der Waals surface area contributed by atoms with Gasteiger partial charge in [0.25, 0.3) is 0 Å². The topological polar surface area (TPSA) is 108 Å². The third kappa shape index (κ3) is 25.8. The van der Waals surface area contributed by atoms with E-state index < -0.39 is 6.09 Å². The van der Waals surface area contributed by atoms with Gasteiger partial charge in [0.2, 0.25) is 0 Å². The Balaban J connectivity index is 2.98. The van der Waals surface area contributed by atoms with E-state index in [4.69, 9.17) is 34.2 Å². The van der Waals surface area contributed by atoms with E-state index in [0.717, 1.165) is 23.9 Å². The fraction of sp³-hybridized carbons (Fsp3) is 0.941. The summed E-state index contributed by atoms with van der Waals surface area (Å²) in [5.74, 6) is 0. The number of primary amides is 1. The van der Waals surface area contributed by atoms with E-state index in [2.05, 4.69) is 27.3 Å². The van der Waals surface area contributed by atoms with Crippen molar-refractivity contribution in [1.29, 1.82) is 0 Å². The summed E-state index contributed by atoms with van der Waals surface area (Å²) < 4.78 is 37.8. The number of unbranched alkanes of at least 4 members (excludes halogenated alkanes) is 1. The normalized spacial score (nSPS) is 11.0. The van der Waals surface area contributed by atoms with Gasteiger partial charge in [0, 0.05) is 11.0 Å². The Kier molecular flexibility index (Phi) is 23.6. The average molecular weight is 507 g/mol.